The zero-order valence-corrected chi connectivity index (χ0v) is 8.88. The number of esters is 2. The van der Waals surface area contributed by atoms with Gasteiger partial charge in [-0.15, -0.1) is 0 Å². The molecular formula is C11H9ClO3. The third-order valence-corrected chi connectivity index (χ3v) is 2.71. The largest absolute Gasteiger partial charge is 0.393 e. The first-order valence-corrected chi connectivity index (χ1v) is 4.96. The normalized spacial score (nSPS) is 20.5. The van der Waals surface area contributed by atoms with Gasteiger partial charge in [0.25, 0.3) is 0 Å². The first-order valence-electron chi connectivity index (χ1n) is 4.58. The summed E-state index contributed by atoms with van der Waals surface area (Å²) in [5, 5.41) is 0.619. The molecule has 0 N–H and O–H groups in total. The Morgan fingerprint density at radius 2 is 2.13 bits per heavy atom. The second-order valence-electron chi connectivity index (χ2n) is 3.55. The van der Waals surface area contributed by atoms with Gasteiger partial charge in [-0.05, 0) is 30.2 Å². The van der Waals surface area contributed by atoms with Crippen LogP contribution in [0.4, 0.5) is 0 Å². The molecule has 1 unspecified atom stereocenters. The molecule has 0 saturated carbocycles. The van der Waals surface area contributed by atoms with Gasteiger partial charge in [0.05, 0.1) is 12.3 Å². The zero-order valence-electron chi connectivity index (χ0n) is 8.12. The number of aryl methyl sites for hydroxylation is 1. The molecule has 2 rings (SSSR count). The molecule has 0 bridgehead atoms. The van der Waals surface area contributed by atoms with E-state index < -0.39 is 17.9 Å². The summed E-state index contributed by atoms with van der Waals surface area (Å²) in [6, 6.07) is 5.25. The Morgan fingerprint density at radius 1 is 1.40 bits per heavy atom. The van der Waals surface area contributed by atoms with Crippen LogP contribution >= 0.6 is 11.6 Å². The monoisotopic (exact) mass is 224 g/mol. The Morgan fingerprint density at radius 3 is 2.67 bits per heavy atom. The van der Waals surface area contributed by atoms with Crippen molar-refractivity contribution in [1.82, 2.24) is 0 Å². The van der Waals surface area contributed by atoms with Crippen LogP contribution in [0.2, 0.25) is 5.02 Å². The minimum absolute atomic E-state index is 0.126. The fourth-order valence-electron chi connectivity index (χ4n) is 1.74. The molecule has 1 aromatic carbocycles. The van der Waals surface area contributed by atoms with Crippen LogP contribution < -0.4 is 0 Å². The fourth-order valence-corrected chi connectivity index (χ4v) is 1.97. The van der Waals surface area contributed by atoms with Crippen molar-refractivity contribution in [2.24, 2.45) is 0 Å². The molecule has 4 heteroatoms. The molecule has 0 aromatic heterocycles. The summed E-state index contributed by atoms with van der Waals surface area (Å²) in [5.74, 6) is -1.39. The molecule has 1 aliphatic rings. The Bertz CT molecular complexity index is 439. The molecule has 1 aliphatic heterocycles. The van der Waals surface area contributed by atoms with Gasteiger partial charge in [0, 0.05) is 5.02 Å². The van der Waals surface area contributed by atoms with Gasteiger partial charge in [0.1, 0.15) is 0 Å². The quantitative estimate of drug-likeness (QED) is 0.543. The zero-order chi connectivity index (χ0) is 11.0. The lowest BCUT2D eigenvalue weighted by Crippen LogP contribution is -2.07. The minimum atomic E-state index is -0.467. The molecule has 1 aromatic rings. The van der Waals surface area contributed by atoms with Crippen LogP contribution in [0, 0.1) is 6.92 Å². The number of halogens is 1. The van der Waals surface area contributed by atoms with E-state index in [2.05, 4.69) is 4.74 Å². The van der Waals surface area contributed by atoms with Crippen LogP contribution in [0.1, 0.15) is 23.5 Å². The molecule has 1 atom stereocenters. The molecule has 15 heavy (non-hydrogen) atoms. The van der Waals surface area contributed by atoms with Gasteiger partial charge in [-0.2, -0.15) is 0 Å². The maximum atomic E-state index is 11.3. The van der Waals surface area contributed by atoms with E-state index in [1.165, 1.54) is 0 Å². The van der Waals surface area contributed by atoms with Crippen LogP contribution in [-0.4, -0.2) is 11.9 Å². The van der Waals surface area contributed by atoms with Crippen molar-refractivity contribution in [2.45, 2.75) is 19.3 Å². The van der Waals surface area contributed by atoms with E-state index in [4.69, 9.17) is 11.6 Å². The summed E-state index contributed by atoms with van der Waals surface area (Å²) >= 11 is 5.81. The fraction of sp³-hybridized carbons (Fsp3) is 0.273. The molecule has 1 heterocycles. The average Bonchev–Trinajstić information content (AvgIpc) is 2.45. The van der Waals surface area contributed by atoms with Gasteiger partial charge in [-0.1, -0.05) is 17.7 Å². The molecule has 0 spiro atoms. The first kappa shape index (κ1) is 10.2. The van der Waals surface area contributed by atoms with Crippen molar-refractivity contribution < 1.29 is 14.3 Å². The van der Waals surface area contributed by atoms with E-state index in [0.29, 0.717) is 5.02 Å². The highest BCUT2D eigenvalue weighted by atomic mass is 35.5. The third kappa shape index (κ3) is 1.88. The number of hydrogen-bond donors (Lipinski definition) is 0. The number of ether oxygens (including phenoxy) is 1. The predicted molar refractivity (Wildman–Crippen MR) is 54.6 cm³/mol. The van der Waals surface area contributed by atoms with E-state index in [0.717, 1.165) is 11.1 Å². The Kier molecular flexibility index (Phi) is 2.49. The van der Waals surface area contributed by atoms with Crippen LogP contribution in [0.3, 0.4) is 0 Å². The summed E-state index contributed by atoms with van der Waals surface area (Å²) in [5.41, 5.74) is 1.72. The van der Waals surface area contributed by atoms with E-state index in [1.807, 2.05) is 6.92 Å². The van der Waals surface area contributed by atoms with Crippen molar-refractivity contribution in [3.05, 3.63) is 34.3 Å². The molecule has 0 amide bonds. The van der Waals surface area contributed by atoms with Crippen LogP contribution in [0.25, 0.3) is 0 Å². The SMILES string of the molecule is Cc1cc(Cl)ccc1C1CC(=O)OC1=O. The summed E-state index contributed by atoms with van der Waals surface area (Å²) in [6.07, 6.45) is 0.126. The molecule has 0 aliphatic carbocycles. The maximum absolute atomic E-state index is 11.3. The van der Waals surface area contributed by atoms with Crippen molar-refractivity contribution in [2.75, 3.05) is 0 Å². The van der Waals surface area contributed by atoms with Crippen molar-refractivity contribution >= 4 is 23.5 Å². The van der Waals surface area contributed by atoms with Crippen molar-refractivity contribution in [3.63, 3.8) is 0 Å². The second-order valence-corrected chi connectivity index (χ2v) is 3.99. The van der Waals surface area contributed by atoms with E-state index >= 15 is 0 Å². The summed E-state index contributed by atoms with van der Waals surface area (Å²) < 4.78 is 4.50. The van der Waals surface area contributed by atoms with Crippen LogP contribution in [-0.2, 0) is 14.3 Å². The molecular weight excluding hydrogens is 216 g/mol. The second kappa shape index (κ2) is 3.66. The lowest BCUT2D eigenvalue weighted by Gasteiger charge is -2.08. The summed E-state index contributed by atoms with van der Waals surface area (Å²) in [7, 11) is 0. The van der Waals surface area contributed by atoms with E-state index in [1.54, 1.807) is 18.2 Å². The molecule has 1 fully saturated rings. The number of carbonyl (C=O) groups excluding carboxylic acids is 2. The lowest BCUT2D eigenvalue weighted by molar-refractivity contribution is -0.152. The Hall–Kier alpha value is -1.35. The Balaban J connectivity index is 2.38. The van der Waals surface area contributed by atoms with E-state index in [9.17, 15) is 9.59 Å². The van der Waals surface area contributed by atoms with Gasteiger partial charge in [0.2, 0.25) is 0 Å². The number of cyclic esters (lactones) is 2. The average molecular weight is 225 g/mol. The van der Waals surface area contributed by atoms with Crippen molar-refractivity contribution in [3.8, 4) is 0 Å². The van der Waals surface area contributed by atoms with Gasteiger partial charge < -0.3 is 4.74 Å². The number of benzene rings is 1. The molecule has 78 valence electrons. The van der Waals surface area contributed by atoms with E-state index in [-0.39, 0.29) is 6.42 Å². The predicted octanol–water partition coefficient (Wildman–Crippen LogP) is 2.21. The topological polar surface area (TPSA) is 43.4 Å². The van der Waals surface area contributed by atoms with Gasteiger partial charge in [-0.25, -0.2) is 0 Å². The van der Waals surface area contributed by atoms with Crippen molar-refractivity contribution in [1.29, 1.82) is 0 Å². The first-order chi connectivity index (χ1) is 7.08. The third-order valence-electron chi connectivity index (χ3n) is 2.48. The highest BCUT2D eigenvalue weighted by Crippen LogP contribution is 2.30. The van der Waals surface area contributed by atoms with Gasteiger partial charge in [0.15, 0.2) is 0 Å². The highest BCUT2D eigenvalue weighted by molar-refractivity contribution is 6.30. The molecule has 3 nitrogen and oxygen atoms in total. The van der Waals surface area contributed by atoms with Crippen LogP contribution in [0.5, 0.6) is 0 Å². The molecule has 0 radical (unpaired) electrons. The smallest absolute Gasteiger partial charge is 0.321 e. The van der Waals surface area contributed by atoms with Crippen LogP contribution in [0.15, 0.2) is 18.2 Å². The number of hydrogen-bond acceptors (Lipinski definition) is 3. The van der Waals surface area contributed by atoms with Gasteiger partial charge in [-0.3, -0.25) is 9.59 Å². The lowest BCUT2D eigenvalue weighted by atomic mass is 9.94. The Labute approximate surface area is 92.0 Å². The standard InChI is InChI=1S/C11H9ClO3/c1-6-4-7(12)2-3-8(6)9-5-10(13)15-11(9)14/h2-4,9H,5H2,1H3. The number of carbonyl (C=O) groups is 2. The summed E-state index contributed by atoms with van der Waals surface area (Å²) in [4.78, 5) is 22.3. The maximum Gasteiger partial charge on any atom is 0.321 e. The minimum Gasteiger partial charge on any atom is -0.393 e. The summed E-state index contributed by atoms with van der Waals surface area (Å²) in [6.45, 7) is 1.86. The molecule has 1 saturated heterocycles. The highest BCUT2D eigenvalue weighted by Gasteiger charge is 2.35. The number of rotatable bonds is 1. The van der Waals surface area contributed by atoms with Gasteiger partial charge >= 0.3 is 11.9 Å².